The molecule has 0 unspecified atom stereocenters. The Morgan fingerprint density at radius 1 is 1.10 bits per heavy atom. The van der Waals surface area contributed by atoms with Crippen molar-refractivity contribution in [2.75, 3.05) is 5.32 Å². The first-order valence-corrected chi connectivity index (χ1v) is 9.97. The van der Waals surface area contributed by atoms with Crippen molar-refractivity contribution in [3.05, 3.63) is 82.3 Å². The third kappa shape index (κ3) is 4.87. The first-order chi connectivity index (χ1) is 14.6. The zero-order chi connectivity index (χ0) is 20.9. The molecule has 0 aliphatic rings. The summed E-state index contributed by atoms with van der Waals surface area (Å²) in [5.74, 6) is 1.30. The first kappa shape index (κ1) is 20.1. The van der Waals surface area contributed by atoms with E-state index in [9.17, 15) is 4.79 Å². The Bertz CT molecular complexity index is 1160. The summed E-state index contributed by atoms with van der Waals surface area (Å²) in [7, 11) is 0. The van der Waals surface area contributed by atoms with Gasteiger partial charge in [0.2, 0.25) is 17.6 Å². The second kappa shape index (κ2) is 9.11. The molecule has 0 radical (unpaired) electrons. The van der Waals surface area contributed by atoms with Gasteiger partial charge >= 0.3 is 0 Å². The molecule has 0 atom stereocenters. The lowest BCUT2D eigenvalue weighted by Gasteiger charge is -2.10. The van der Waals surface area contributed by atoms with Crippen molar-refractivity contribution >= 4 is 34.9 Å². The van der Waals surface area contributed by atoms with Gasteiger partial charge in [0.15, 0.2) is 0 Å². The van der Waals surface area contributed by atoms with E-state index in [4.69, 9.17) is 27.7 Å². The highest BCUT2D eigenvalue weighted by molar-refractivity contribution is 6.35. The van der Waals surface area contributed by atoms with E-state index >= 15 is 0 Å². The minimum Gasteiger partial charge on any atom is -0.339 e. The van der Waals surface area contributed by atoms with Gasteiger partial charge in [-0.1, -0.05) is 64.8 Å². The van der Waals surface area contributed by atoms with Crippen molar-refractivity contribution in [2.24, 2.45) is 0 Å². The Hall–Kier alpha value is -3.16. The van der Waals surface area contributed by atoms with Crippen LogP contribution in [0.4, 0.5) is 5.82 Å². The van der Waals surface area contributed by atoms with Crippen molar-refractivity contribution < 1.29 is 9.32 Å². The van der Waals surface area contributed by atoms with E-state index in [0.29, 0.717) is 40.5 Å². The summed E-state index contributed by atoms with van der Waals surface area (Å²) in [5, 5.41) is 12.2. The van der Waals surface area contributed by atoms with Gasteiger partial charge in [0.05, 0.1) is 12.7 Å². The van der Waals surface area contributed by atoms with Crippen LogP contribution in [0.3, 0.4) is 0 Å². The maximum absolute atomic E-state index is 12.4. The van der Waals surface area contributed by atoms with E-state index in [1.807, 2.05) is 36.4 Å². The Labute approximate surface area is 182 Å². The number of benzene rings is 2. The molecule has 0 saturated heterocycles. The Kier molecular flexibility index (Phi) is 6.11. The van der Waals surface area contributed by atoms with Crippen LogP contribution in [0.1, 0.15) is 17.9 Å². The van der Waals surface area contributed by atoms with Crippen molar-refractivity contribution in [1.82, 2.24) is 19.9 Å². The van der Waals surface area contributed by atoms with Gasteiger partial charge in [0.1, 0.15) is 5.82 Å². The lowest BCUT2D eigenvalue weighted by Crippen LogP contribution is -2.16. The monoisotopic (exact) mass is 441 g/mol. The van der Waals surface area contributed by atoms with Crippen LogP contribution in [0.2, 0.25) is 10.0 Å². The minimum atomic E-state index is -0.182. The number of anilines is 1. The highest BCUT2D eigenvalue weighted by atomic mass is 35.5. The van der Waals surface area contributed by atoms with E-state index < -0.39 is 0 Å². The lowest BCUT2D eigenvalue weighted by molar-refractivity contribution is -0.116. The van der Waals surface area contributed by atoms with E-state index in [1.54, 1.807) is 29.1 Å². The number of aryl methyl sites for hydroxylation is 1. The largest absolute Gasteiger partial charge is 0.339 e. The number of amides is 1. The molecule has 9 heteroatoms. The van der Waals surface area contributed by atoms with Crippen LogP contribution >= 0.6 is 23.2 Å². The van der Waals surface area contributed by atoms with Crippen molar-refractivity contribution in [2.45, 2.75) is 19.4 Å². The zero-order valence-electron chi connectivity index (χ0n) is 15.8. The molecule has 0 spiro atoms. The van der Waals surface area contributed by atoms with Crippen LogP contribution in [-0.4, -0.2) is 25.8 Å². The molecule has 0 fully saturated rings. The number of rotatable bonds is 7. The fourth-order valence-electron chi connectivity index (χ4n) is 2.86. The van der Waals surface area contributed by atoms with Gasteiger partial charge in [-0.25, -0.2) is 4.68 Å². The van der Waals surface area contributed by atoms with Gasteiger partial charge in [-0.2, -0.15) is 10.1 Å². The Morgan fingerprint density at radius 3 is 2.73 bits per heavy atom. The molecule has 2 heterocycles. The third-order valence-corrected chi connectivity index (χ3v) is 4.97. The number of aromatic nitrogens is 4. The summed E-state index contributed by atoms with van der Waals surface area (Å²) >= 11 is 12.2. The smallest absolute Gasteiger partial charge is 0.227 e. The quantitative estimate of drug-likeness (QED) is 0.442. The molecule has 0 saturated carbocycles. The summed E-state index contributed by atoms with van der Waals surface area (Å²) in [6.07, 6.45) is 2.15. The number of nitrogens with one attached hydrogen (secondary N) is 1. The van der Waals surface area contributed by atoms with Gasteiger partial charge in [-0.15, -0.1) is 0 Å². The van der Waals surface area contributed by atoms with Crippen LogP contribution in [0.5, 0.6) is 0 Å². The maximum Gasteiger partial charge on any atom is 0.227 e. The zero-order valence-corrected chi connectivity index (χ0v) is 17.3. The molecule has 2 aromatic carbocycles. The SMILES string of the molecule is O=C(CCc1nc(-c2ccccc2)no1)Nc1ccnn1Cc1ccc(Cl)cc1Cl. The highest BCUT2D eigenvalue weighted by Crippen LogP contribution is 2.23. The molecule has 152 valence electrons. The van der Waals surface area contributed by atoms with E-state index in [-0.39, 0.29) is 12.3 Å². The number of hydrogen-bond donors (Lipinski definition) is 1. The predicted molar refractivity (Wildman–Crippen MR) is 114 cm³/mol. The van der Waals surface area contributed by atoms with Gasteiger partial charge in [0, 0.05) is 34.5 Å². The molecular formula is C21H17Cl2N5O2. The molecule has 4 rings (SSSR count). The predicted octanol–water partition coefficient (Wildman–Crippen LogP) is 4.86. The van der Waals surface area contributed by atoms with Gasteiger partial charge < -0.3 is 9.84 Å². The van der Waals surface area contributed by atoms with Crippen LogP contribution in [0, 0.1) is 0 Å². The second-order valence-electron chi connectivity index (χ2n) is 6.54. The minimum absolute atomic E-state index is 0.182. The average molecular weight is 442 g/mol. The molecule has 0 bridgehead atoms. The normalized spacial score (nSPS) is 10.9. The van der Waals surface area contributed by atoms with Crippen LogP contribution < -0.4 is 5.32 Å². The maximum atomic E-state index is 12.4. The van der Waals surface area contributed by atoms with Crippen molar-refractivity contribution in [3.63, 3.8) is 0 Å². The summed E-state index contributed by atoms with van der Waals surface area (Å²) in [5.41, 5.74) is 1.71. The molecule has 0 aliphatic carbocycles. The fraction of sp³-hybridized carbons (Fsp3) is 0.143. The number of carbonyl (C=O) groups excluding carboxylic acids is 1. The van der Waals surface area contributed by atoms with Crippen molar-refractivity contribution in [1.29, 1.82) is 0 Å². The molecule has 1 amide bonds. The van der Waals surface area contributed by atoms with Gasteiger partial charge in [-0.05, 0) is 17.7 Å². The molecule has 0 aliphatic heterocycles. The molecular weight excluding hydrogens is 425 g/mol. The standard InChI is InChI=1S/C21H17Cl2N5O2/c22-16-7-6-15(17(23)12-16)13-28-18(10-11-24-28)25-19(29)8-9-20-26-21(27-30-20)14-4-2-1-3-5-14/h1-7,10-12H,8-9,13H2,(H,25,29). The Morgan fingerprint density at radius 2 is 1.93 bits per heavy atom. The van der Waals surface area contributed by atoms with E-state index in [2.05, 4.69) is 20.6 Å². The lowest BCUT2D eigenvalue weighted by atomic mass is 10.2. The van der Waals surface area contributed by atoms with Crippen LogP contribution in [0.25, 0.3) is 11.4 Å². The van der Waals surface area contributed by atoms with Crippen molar-refractivity contribution in [3.8, 4) is 11.4 Å². The van der Waals surface area contributed by atoms with Gasteiger partial charge in [0.25, 0.3) is 0 Å². The van der Waals surface area contributed by atoms with Crippen LogP contribution in [0.15, 0.2) is 65.3 Å². The highest BCUT2D eigenvalue weighted by Gasteiger charge is 2.13. The molecule has 7 nitrogen and oxygen atoms in total. The summed E-state index contributed by atoms with van der Waals surface area (Å²) < 4.78 is 6.91. The number of halogens is 2. The summed E-state index contributed by atoms with van der Waals surface area (Å²) in [6, 6.07) is 16.5. The van der Waals surface area contributed by atoms with E-state index in [1.165, 1.54) is 0 Å². The number of hydrogen-bond acceptors (Lipinski definition) is 5. The number of nitrogens with zero attached hydrogens (tertiary/aromatic N) is 4. The average Bonchev–Trinajstić information content (AvgIpc) is 3.39. The summed E-state index contributed by atoms with van der Waals surface area (Å²) in [4.78, 5) is 16.7. The Balaban J connectivity index is 1.35. The molecule has 4 aromatic rings. The van der Waals surface area contributed by atoms with Gasteiger partial charge in [-0.3, -0.25) is 4.79 Å². The molecule has 30 heavy (non-hydrogen) atoms. The second-order valence-corrected chi connectivity index (χ2v) is 7.38. The topological polar surface area (TPSA) is 85.8 Å². The van der Waals surface area contributed by atoms with Crippen LogP contribution in [-0.2, 0) is 17.8 Å². The molecule has 2 aromatic heterocycles. The third-order valence-electron chi connectivity index (χ3n) is 4.39. The molecule has 1 N–H and O–H groups in total. The fourth-order valence-corrected chi connectivity index (χ4v) is 3.33. The van der Waals surface area contributed by atoms with E-state index in [0.717, 1.165) is 11.1 Å². The summed E-state index contributed by atoms with van der Waals surface area (Å²) in [6.45, 7) is 0.405. The first-order valence-electron chi connectivity index (χ1n) is 9.22. The number of carbonyl (C=O) groups is 1.